The molecule has 1 aliphatic heterocycles. The molecule has 6 heteroatoms. The van der Waals surface area contributed by atoms with E-state index in [4.69, 9.17) is 4.74 Å². The first-order valence-corrected chi connectivity index (χ1v) is 9.64. The highest BCUT2D eigenvalue weighted by Gasteiger charge is 2.37. The fourth-order valence-corrected chi connectivity index (χ4v) is 3.60. The zero-order chi connectivity index (χ0) is 18.4. The molecule has 2 aliphatic rings. The summed E-state index contributed by atoms with van der Waals surface area (Å²) in [5, 5.41) is 0. The first-order chi connectivity index (χ1) is 12.7. The van der Waals surface area contributed by atoms with Crippen molar-refractivity contribution in [3.63, 3.8) is 0 Å². The molecule has 2 fully saturated rings. The van der Waals surface area contributed by atoms with E-state index in [9.17, 15) is 9.59 Å². The fourth-order valence-electron chi connectivity index (χ4n) is 3.60. The Labute approximate surface area is 155 Å². The molecule has 1 atom stereocenters. The molecule has 2 heterocycles. The van der Waals surface area contributed by atoms with E-state index in [-0.39, 0.29) is 23.7 Å². The van der Waals surface area contributed by atoms with Crippen LogP contribution in [-0.4, -0.2) is 59.9 Å². The van der Waals surface area contributed by atoms with Gasteiger partial charge in [0.25, 0.3) is 0 Å². The van der Waals surface area contributed by atoms with Crippen molar-refractivity contribution in [1.29, 1.82) is 0 Å². The lowest BCUT2D eigenvalue weighted by Crippen LogP contribution is -2.47. The van der Waals surface area contributed by atoms with Crippen LogP contribution in [-0.2, 0) is 20.9 Å². The number of amides is 2. The van der Waals surface area contributed by atoms with E-state index in [0.29, 0.717) is 26.2 Å². The smallest absolute Gasteiger partial charge is 0.227 e. The third-order valence-corrected chi connectivity index (χ3v) is 5.22. The molecule has 0 aromatic carbocycles. The SMILES string of the molecule is COCCCN(Cc1ccncc1)C(=O)C1CCCN(C(=O)C2CC2)C1. The Morgan fingerprint density at radius 1 is 1.23 bits per heavy atom. The summed E-state index contributed by atoms with van der Waals surface area (Å²) in [7, 11) is 1.68. The van der Waals surface area contributed by atoms with Crippen molar-refractivity contribution in [2.75, 3.05) is 33.4 Å². The average Bonchev–Trinajstić information content (AvgIpc) is 3.52. The van der Waals surface area contributed by atoms with Crippen molar-refractivity contribution in [1.82, 2.24) is 14.8 Å². The van der Waals surface area contributed by atoms with Gasteiger partial charge in [0, 0.05) is 58.2 Å². The van der Waals surface area contributed by atoms with E-state index >= 15 is 0 Å². The van der Waals surface area contributed by atoms with Gasteiger partial charge in [-0.2, -0.15) is 0 Å². The molecule has 1 unspecified atom stereocenters. The van der Waals surface area contributed by atoms with Gasteiger partial charge in [-0.15, -0.1) is 0 Å². The van der Waals surface area contributed by atoms with E-state index < -0.39 is 0 Å². The minimum atomic E-state index is -0.0872. The second-order valence-electron chi connectivity index (χ2n) is 7.36. The van der Waals surface area contributed by atoms with Crippen LogP contribution in [0.2, 0.25) is 0 Å². The number of aromatic nitrogens is 1. The predicted molar refractivity (Wildman–Crippen MR) is 98.2 cm³/mol. The second-order valence-corrected chi connectivity index (χ2v) is 7.36. The average molecular weight is 359 g/mol. The Morgan fingerprint density at radius 3 is 2.69 bits per heavy atom. The van der Waals surface area contributed by atoms with Crippen LogP contribution in [0.5, 0.6) is 0 Å². The number of carbonyl (C=O) groups excluding carboxylic acids is 2. The molecule has 0 radical (unpaired) electrons. The van der Waals surface area contributed by atoms with E-state index in [2.05, 4.69) is 4.98 Å². The predicted octanol–water partition coefficient (Wildman–Crippen LogP) is 2.10. The highest BCUT2D eigenvalue weighted by Crippen LogP contribution is 2.32. The molecule has 2 amide bonds. The van der Waals surface area contributed by atoms with Gasteiger partial charge in [0.15, 0.2) is 0 Å². The molecule has 0 N–H and O–H groups in total. The molecule has 0 spiro atoms. The van der Waals surface area contributed by atoms with Crippen LogP contribution >= 0.6 is 0 Å². The van der Waals surface area contributed by atoms with Crippen LogP contribution in [0, 0.1) is 11.8 Å². The highest BCUT2D eigenvalue weighted by atomic mass is 16.5. The molecule has 26 heavy (non-hydrogen) atoms. The fraction of sp³-hybridized carbons (Fsp3) is 0.650. The van der Waals surface area contributed by atoms with Crippen LogP contribution in [0.4, 0.5) is 0 Å². The van der Waals surface area contributed by atoms with Crippen molar-refractivity contribution in [3.8, 4) is 0 Å². The van der Waals surface area contributed by atoms with Gasteiger partial charge in [-0.05, 0) is 49.8 Å². The largest absolute Gasteiger partial charge is 0.385 e. The molecular weight excluding hydrogens is 330 g/mol. The number of methoxy groups -OCH3 is 1. The summed E-state index contributed by atoms with van der Waals surface area (Å²) in [6.07, 6.45) is 8.12. The molecule has 1 aliphatic carbocycles. The van der Waals surface area contributed by atoms with Gasteiger partial charge in [-0.1, -0.05) is 0 Å². The van der Waals surface area contributed by atoms with E-state index in [0.717, 1.165) is 44.2 Å². The summed E-state index contributed by atoms with van der Waals surface area (Å²) >= 11 is 0. The standard InChI is InChI=1S/C20H29N3O3/c1-26-13-3-12-22(14-16-7-9-21-10-8-16)20(25)18-4-2-11-23(15-18)19(24)17-5-6-17/h7-10,17-18H,2-6,11-15H2,1H3. The lowest BCUT2D eigenvalue weighted by atomic mass is 9.95. The topological polar surface area (TPSA) is 62.7 Å². The third kappa shape index (κ3) is 5.04. The van der Waals surface area contributed by atoms with Crippen LogP contribution in [0.1, 0.15) is 37.7 Å². The van der Waals surface area contributed by atoms with Gasteiger partial charge in [-0.25, -0.2) is 0 Å². The van der Waals surface area contributed by atoms with Crippen molar-refractivity contribution < 1.29 is 14.3 Å². The molecule has 3 rings (SSSR count). The Bertz CT molecular complexity index is 604. The molecule has 0 bridgehead atoms. The molecular formula is C20H29N3O3. The van der Waals surface area contributed by atoms with Gasteiger partial charge in [0.05, 0.1) is 5.92 Å². The maximum atomic E-state index is 13.2. The molecule has 1 saturated heterocycles. The van der Waals surface area contributed by atoms with Gasteiger partial charge >= 0.3 is 0 Å². The van der Waals surface area contributed by atoms with Gasteiger partial charge in [0.1, 0.15) is 0 Å². The minimum Gasteiger partial charge on any atom is -0.385 e. The van der Waals surface area contributed by atoms with Gasteiger partial charge < -0.3 is 14.5 Å². The number of pyridine rings is 1. The Kier molecular flexibility index (Phi) is 6.61. The Hall–Kier alpha value is -1.95. The number of nitrogens with zero attached hydrogens (tertiary/aromatic N) is 3. The maximum absolute atomic E-state index is 13.2. The normalized spacial score (nSPS) is 20.0. The van der Waals surface area contributed by atoms with E-state index in [1.807, 2.05) is 21.9 Å². The van der Waals surface area contributed by atoms with Crippen LogP contribution in [0.3, 0.4) is 0 Å². The van der Waals surface area contributed by atoms with Crippen LogP contribution in [0.25, 0.3) is 0 Å². The van der Waals surface area contributed by atoms with Gasteiger partial charge in [0.2, 0.25) is 11.8 Å². The van der Waals surface area contributed by atoms with Gasteiger partial charge in [-0.3, -0.25) is 14.6 Å². The molecule has 142 valence electrons. The number of ether oxygens (including phenoxy) is 1. The summed E-state index contributed by atoms with van der Waals surface area (Å²) < 4.78 is 5.15. The Balaban J connectivity index is 1.63. The zero-order valence-corrected chi connectivity index (χ0v) is 15.6. The summed E-state index contributed by atoms with van der Waals surface area (Å²) in [5.41, 5.74) is 1.08. The summed E-state index contributed by atoms with van der Waals surface area (Å²) in [5.74, 6) is 0.545. The monoisotopic (exact) mass is 359 g/mol. The van der Waals surface area contributed by atoms with E-state index in [1.165, 1.54) is 0 Å². The number of carbonyl (C=O) groups is 2. The van der Waals surface area contributed by atoms with Crippen molar-refractivity contribution in [3.05, 3.63) is 30.1 Å². The molecule has 1 saturated carbocycles. The minimum absolute atomic E-state index is 0.0872. The second kappa shape index (κ2) is 9.12. The van der Waals surface area contributed by atoms with Crippen molar-refractivity contribution >= 4 is 11.8 Å². The van der Waals surface area contributed by atoms with Crippen LogP contribution < -0.4 is 0 Å². The lowest BCUT2D eigenvalue weighted by Gasteiger charge is -2.35. The van der Waals surface area contributed by atoms with Crippen LogP contribution in [0.15, 0.2) is 24.5 Å². The number of rotatable bonds is 8. The van der Waals surface area contributed by atoms with Crippen molar-refractivity contribution in [2.45, 2.75) is 38.6 Å². The molecule has 1 aromatic heterocycles. The summed E-state index contributed by atoms with van der Waals surface area (Å²) in [6, 6.07) is 3.89. The van der Waals surface area contributed by atoms with Crippen molar-refractivity contribution in [2.24, 2.45) is 11.8 Å². The molecule has 1 aromatic rings. The van der Waals surface area contributed by atoms with E-state index in [1.54, 1.807) is 19.5 Å². The Morgan fingerprint density at radius 2 is 2.00 bits per heavy atom. The number of piperidine rings is 1. The highest BCUT2D eigenvalue weighted by molar-refractivity contribution is 5.83. The molecule has 6 nitrogen and oxygen atoms in total. The quantitative estimate of drug-likeness (QED) is 0.667. The number of hydrogen-bond acceptors (Lipinski definition) is 4. The maximum Gasteiger partial charge on any atom is 0.227 e. The first kappa shape index (κ1) is 18.8. The number of hydrogen-bond donors (Lipinski definition) is 0. The zero-order valence-electron chi connectivity index (χ0n) is 15.6. The number of likely N-dealkylation sites (tertiary alicyclic amines) is 1. The summed E-state index contributed by atoms with van der Waals surface area (Å²) in [6.45, 7) is 3.26. The first-order valence-electron chi connectivity index (χ1n) is 9.64. The third-order valence-electron chi connectivity index (χ3n) is 5.22. The summed E-state index contributed by atoms with van der Waals surface area (Å²) in [4.78, 5) is 33.4. The lowest BCUT2D eigenvalue weighted by molar-refractivity contribution is -0.142.